The molecule has 126 valence electrons. The summed E-state index contributed by atoms with van der Waals surface area (Å²) in [5, 5.41) is 5.47. The molecule has 0 radical (unpaired) electrons. The summed E-state index contributed by atoms with van der Waals surface area (Å²) in [4.78, 5) is 14.2. The van der Waals surface area contributed by atoms with E-state index in [0.29, 0.717) is 10.6 Å². The second kappa shape index (κ2) is 8.84. The average Bonchev–Trinajstić information content (AvgIpc) is 2.88. The predicted octanol–water partition coefficient (Wildman–Crippen LogP) is 1.84. The molecule has 1 aromatic heterocycles. The highest BCUT2D eigenvalue weighted by atomic mass is 79.9. The van der Waals surface area contributed by atoms with Crippen molar-refractivity contribution in [1.82, 2.24) is 0 Å². The molecule has 0 fully saturated rings. The number of urea groups is 1. The highest BCUT2D eigenvalue weighted by Crippen LogP contribution is 2.23. The van der Waals surface area contributed by atoms with E-state index in [0.717, 1.165) is 30.0 Å². The number of aryl methyl sites for hydroxylation is 1. The summed E-state index contributed by atoms with van der Waals surface area (Å²) >= 11 is 3.19. The molecule has 0 unspecified atom stereocenters. The molecule has 0 aliphatic carbocycles. The van der Waals surface area contributed by atoms with Gasteiger partial charge in [-0.3, -0.25) is 5.32 Å². The molecular weight excluding hydrogens is 382 g/mol. The van der Waals surface area contributed by atoms with E-state index in [2.05, 4.69) is 51.4 Å². The Morgan fingerprint density at radius 1 is 1.17 bits per heavy atom. The molecule has 23 heavy (non-hydrogen) atoms. The molecule has 2 aromatic rings. The standard InChI is InChI=1S/C16H20BrN3O2.ClH/c1-4-20(5-2)12-6-7-13(11(3)10-12)18-16(21)19-15-9-8-14(17)22-15;/h6-10H,4-5H2,1-3H3,(H2,18,19,21);1H/p-1. The van der Waals surface area contributed by atoms with Crippen molar-refractivity contribution in [3.8, 4) is 0 Å². The van der Waals surface area contributed by atoms with E-state index in [1.165, 1.54) is 0 Å². The maximum absolute atomic E-state index is 12.0. The number of halogens is 2. The summed E-state index contributed by atoms with van der Waals surface area (Å²) < 4.78 is 5.81. The van der Waals surface area contributed by atoms with Gasteiger partial charge >= 0.3 is 6.03 Å². The zero-order valence-electron chi connectivity index (χ0n) is 13.3. The van der Waals surface area contributed by atoms with Gasteiger partial charge in [-0.2, -0.15) is 0 Å². The number of anilines is 3. The van der Waals surface area contributed by atoms with Crippen molar-refractivity contribution >= 4 is 39.2 Å². The van der Waals surface area contributed by atoms with Gasteiger partial charge in [-0.25, -0.2) is 4.79 Å². The molecule has 2 N–H and O–H groups in total. The molecule has 0 atom stereocenters. The number of furan rings is 1. The molecule has 2 amide bonds. The zero-order valence-corrected chi connectivity index (χ0v) is 15.7. The van der Waals surface area contributed by atoms with Gasteiger partial charge in [-0.05, 0) is 66.5 Å². The molecule has 5 nitrogen and oxygen atoms in total. The van der Waals surface area contributed by atoms with Crippen LogP contribution in [0.15, 0.2) is 39.4 Å². The number of benzene rings is 1. The lowest BCUT2D eigenvalue weighted by Gasteiger charge is -2.22. The van der Waals surface area contributed by atoms with Crippen LogP contribution < -0.4 is 27.9 Å². The van der Waals surface area contributed by atoms with Gasteiger partial charge < -0.3 is 27.0 Å². The normalized spacial score (nSPS) is 9.91. The van der Waals surface area contributed by atoms with Crippen molar-refractivity contribution in [3.05, 3.63) is 40.6 Å². The number of nitrogens with one attached hydrogen (secondary N) is 2. The lowest BCUT2D eigenvalue weighted by atomic mass is 10.1. The molecule has 1 heterocycles. The highest BCUT2D eigenvalue weighted by molar-refractivity contribution is 9.10. The Bertz CT molecular complexity index is 657. The minimum atomic E-state index is -0.333. The van der Waals surface area contributed by atoms with E-state index in [-0.39, 0.29) is 18.4 Å². The van der Waals surface area contributed by atoms with Crippen molar-refractivity contribution in [3.63, 3.8) is 0 Å². The Hall–Kier alpha value is -1.66. The number of hydrogen-bond donors (Lipinski definition) is 2. The molecule has 7 heteroatoms. The van der Waals surface area contributed by atoms with Gasteiger partial charge in [0, 0.05) is 30.5 Å². The SMILES string of the molecule is CCN(CC)c1ccc(NC(=O)Nc2ccc(Br)o2)c(C)c1.[Cl-]. The molecule has 0 aliphatic rings. The monoisotopic (exact) mass is 400 g/mol. The molecule has 2 rings (SSSR count). The van der Waals surface area contributed by atoms with Gasteiger partial charge in [0.15, 0.2) is 4.67 Å². The Morgan fingerprint density at radius 2 is 1.87 bits per heavy atom. The summed E-state index contributed by atoms with van der Waals surface area (Å²) in [5.74, 6) is 0.391. The van der Waals surface area contributed by atoms with E-state index in [1.54, 1.807) is 12.1 Å². The van der Waals surface area contributed by atoms with Crippen LogP contribution in [0.25, 0.3) is 0 Å². The summed E-state index contributed by atoms with van der Waals surface area (Å²) in [6.07, 6.45) is 0. The average molecular weight is 402 g/mol. The molecule has 0 aliphatic heterocycles. The van der Waals surface area contributed by atoms with Crippen molar-refractivity contribution in [1.29, 1.82) is 0 Å². The Morgan fingerprint density at radius 3 is 2.39 bits per heavy atom. The first-order chi connectivity index (χ1) is 10.5. The van der Waals surface area contributed by atoms with E-state index in [4.69, 9.17) is 4.42 Å². The number of amides is 2. The minimum Gasteiger partial charge on any atom is -1.00 e. The van der Waals surface area contributed by atoms with Crippen molar-refractivity contribution in [2.45, 2.75) is 20.8 Å². The van der Waals surface area contributed by atoms with Gasteiger partial charge in [0.2, 0.25) is 5.88 Å². The van der Waals surface area contributed by atoms with E-state index in [9.17, 15) is 4.79 Å². The van der Waals surface area contributed by atoms with E-state index < -0.39 is 0 Å². The molecule has 1 aromatic carbocycles. The van der Waals surface area contributed by atoms with Crippen LogP contribution in [0, 0.1) is 6.92 Å². The third-order valence-corrected chi connectivity index (χ3v) is 3.82. The van der Waals surface area contributed by atoms with Gasteiger partial charge in [0.1, 0.15) is 0 Å². The summed E-state index contributed by atoms with van der Waals surface area (Å²) in [7, 11) is 0. The number of nitrogens with zero attached hydrogens (tertiary/aromatic N) is 1. The number of carbonyl (C=O) groups is 1. The summed E-state index contributed by atoms with van der Waals surface area (Å²) in [6, 6.07) is 9.08. The minimum absolute atomic E-state index is 0. The predicted molar refractivity (Wildman–Crippen MR) is 93.8 cm³/mol. The van der Waals surface area contributed by atoms with Crippen molar-refractivity contribution in [2.75, 3.05) is 28.6 Å². The van der Waals surface area contributed by atoms with Crippen LogP contribution in [0.3, 0.4) is 0 Å². The third kappa shape index (κ3) is 5.18. The van der Waals surface area contributed by atoms with Crippen LogP contribution in [0.1, 0.15) is 19.4 Å². The maximum Gasteiger partial charge on any atom is 0.326 e. The maximum atomic E-state index is 12.0. The molecule has 0 saturated heterocycles. The van der Waals surface area contributed by atoms with E-state index >= 15 is 0 Å². The lowest BCUT2D eigenvalue weighted by molar-refractivity contribution is -0.00000800. The van der Waals surface area contributed by atoms with Gasteiger partial charge in [0.25, 0.3) is 0 Å². The smallest absolute Gasteiger partial charge is 0.326 e. The van der Waals surface area contributed by atoms with Crippen LogP contribution in [-0.2, 0) is 0 Å². The van der Waals surface area contributed by atoms with Gasteiger partial charge in [0.05, 0.1) is 0 Å². The number of carbonyl (C=O) groups excluding carboxylic acids is 1. The lowest BCUT2D eigenvalue weighted by Crippen LogP contribution is -3.00. The van der Waals surface area contributed by atoms with Crippen molar-refractivity contribution < 1.29 is 21.6 Å². The quantitative estimate of drug-likeness (QED) is 0.804. The van der Waals surface area contributed by atoms with E-state index in [1.807, 2.05) is 19.1 Å². The first-order valence-electron chi connectivity index (χ1n) is 7.22. The Kier molecular flexibility index (Phi) is 7.45. The van der Waals surface area contributed by atoms with Crippen LogP contribution in [0.2, 0.25) is 0 Å². The molecule has 0 bridgehead atoms. The van der Waals surface area contributed by atoms with Crippen LogP contribution in [0.5, 0.6) is 0 Å². The van der Waals surface area contributed by atoms with Crippen molar-refractivity contribution in [2.24, 2.45) is 0 Å². The number of hydrogen-bond acceptors (Lipinski definition) is 3. The fraction of sp³-hybridized carbons (Fsp3) is 0.312. The Labute approximate surface area is 151 Å². The fourth-order valence-corrected chi connectivity index (χ4v) is 2.53. The van der Waals surface area contributed by atoms with Crippen LogP contribution >= 0.6 is 15.9 Å². The molecule has 0 spiro atoms. The molecular formula is C16H20BrClN3O2-. The first-order valence-corrected chi connectivity index (χ1v) is 8.01. The Balaban J connectivity index is 0.00000264. The zero-order chi connectivity index (χ0) is 16.1. The highest BCUT2D eigenvalue weighted by Gasteiger charge is 2.09. The number of rotatable bonds is 5. The topological polar surface area (TPSA) is 57.5 Å². The second-order valence-electron chi connectivity index (χ2n) is 4.85. The third-order valence-electron chi connectivity index (χ3n) is 3.40. The van der Waals surface area contributed by atoms with Gasteiger partial charge in [-0.1, -0.05) is 0 Å². The van der Waals surface area contributed by atoms with Gasteiger partial charge in [-0.15, -0.1) is 0 Å². The second-order valence-corrected chi connectivity index (χ2v) is 5.64. The first kappa shape index (κ1) is 19.4. The van der Waals surface area contributed by atoms with Crippen LogP contribution in [-0.4, -0.2) is 19.1 Å². The van der Waals surface area contributed by atoms with Crippen LogP contribution in [0.4, 0.5) is 22.1 Å². The fourth-order valence-electron chi connectivity index (χ4n) is 2.22. The largest absolute Gasteiger partial charge is 1.00 e. The summed E-state index contributed by atoms with van der Waals surface area (Å²) in [5.41, 5.74) is 2.95. The summed E-state index contributed by atoms with van der Waals surface area (Å²) in [6.45, 7) is 8.14. The molecule has 0 saturated carbocycles.